The number of carbonyl (C=O) groups is 1. The van der Waals surface area contributed by atoms with Gasteiger partial charge in [0.15, 0.2) is 17.6 Å². The first-order chi connectivity index (χ1) is 12.4. The van der Waals surface area contributed by atoms with Crippen LogP contribution in [-0.2, 0) is 4.79 Å². The van der Waals surface area contributed by atoms with Gasteiger partial charge in [0, 0.05) is 17.8 Å². The van der Waals surface area contributed by atoms with Crippen molar-refractivity contribution in [3.8, 4) is 23.0 Å². The van der Waals surface area contributed by atoms with Gasteiger partial charge < -0.3 is 24.3 Å². The van der Waals surface area contributed by atoms with Gasteiger partial charge in [0.1, 0.15) is 10.8 Å². The van der Waals surface area contributed by atoms with Crippen LogP contribution in [0.4, 0.5) is 5.69 Å². The van der Waals surface area contributed by atoms with E-state index < -0.39 is 6.10 Å². The van der Waals surface area contributed by atoms with Crippen LogP contribution in [0.1, 0.15) is 6.92 Å². The smallest absolute Gasteiger partial charge is 0.265 e. The number of benzene rings is 2. The Morgan fingerprint density at radius 3 is 2.15 bits per heavy atom. The molecule has 0 aliphatic rings. The fourth-order valence-electron chi connectivity index (χ4n) is 2.22. The van der Waals surface area contributed by atoms with E-state index in [1.165, 1.54) is 21.3 Å². The Kier molecular flexibility index (Phi) is 6.83. The monoisotopic (exact) mass is 399 g/mol. The number of halogens is 2. The number of nitrogens with one attached hydrogen (secondary N) is 1. The normalized spacial score (nSPS) is 11.5. The van der Waals surface area contributed by atoms with Crippen LogP contribution in [-0.4, -0.2) is 33.3 Å². The van der Waals surface area contributed by atoms with E-state index in [1.54, 1.807) is 37.3 Å². The molecule has 1 atom stereocenters. The fraction of sp³-hybridized carbons (Fsp3) is 0.278. The lowest BCUT2D eigenvalue weighted by molar-refractivity contribution is -0.122. The van der Waals surface area contributed by atoms with Gasteiger partial charge in [-0.1, -0.05) is 29.3 Å². The maximum absolute atomic E-state index is 12.4. The molecule has 0 aliphatic heterocycles. The van der Waals surface area contributed by atoms with E-state index in [0.29, 0.717) is 33.7 Å². The molecule has 0 saturated carbocycles. The Bertz CT molecular complexity index is 772. The summed E-state index contributed by atoms with van der Waals surface area (Å²) in [4.78, 5) is 12.4. The highest BCUT2D eigenvalue weighted by Crippen LogP contribution is 2.40. The molecule has 1 unspecified atom stereocenters. The zero-order valence-corrected chi connectivity index (χ0v) is 16.3. The summed E-state index contributed by atoms with van der Waals surface area (Å²) in [6.45, 7) is 1.60. The number of methoxy groups -OCH3 is 3. The Morgan fingerprint density at radius 2 is 1.62 bits per heavy atom. The average Bonchev–Trinajstić information content (AvgIpc) is 2.64. The molecule has 26 heavy (non-hydrogen) atoms. The van der Waals surface area contributed by atoms with Crippen LogP contribution < -0.4 is 24.3 Å². The highest BCUT2D eigenvalue weighted by atomic mass is 35.5. The first-order valence-corrected chi connectivity index (χ1v) is 8.38. The zero-order chi connectivity index (χ0) is 19.3. The minimum Gasteiger partial charge on any atom is -0.493 e. The van der Waals surface area contributed by atoms with Gasteiger partial charge in [0.05, 0.1) is 26.4 Å². The van der Waals surface area contributed by atoms with Crippen molar-refractivity contribution in [3.05, 3.63) is 40.4 Å². The van der Waals surface area contributed by atoms with Crippen molar-refractivity contribution in [1.82, 2.24) is 0 Å². The van der Waals surface area contributed by atoms with Crippen molar-refractivity contribution in [2.24, 2.45) is 0 Å². The molecule has 2 aromatic rings. The summed E-state index contributed by atoms with van der Waals surface area (Å²) in [5.41, 5.74) is 0.470. The second kappa shape index (κ2) is 8.87. The highest BCUT2D eigenvalue weighted by molar-refractivity contribution is 6.42. The molecule has 0 fully saturated rings. The van der Waals surface area contributed by atoms with E-state index in [4.69, 9.17) is 42.1 Å². The molecule has 0 saturated heterocycles. The first kappa shape index (κ1) is 20.0. The molecule has 1 N–H and O–H groups in total. The van der Waals surface area contributed by atoms with E-state index in [9.17, 15) is 4.79 Å². The third-order valence-corrected chi connectivity index (χ3v) is 4.32. The lowest BCUT2D eigenvalue weighted by atomic mass is 10.2. The van der Waals surface area contributed by atoms with Gasteiger partial charge in [-0.05, 0) is 19.1 Å². The average molecular weight is 400 g/mol. The summed E-state index contributed by atoms with van der Waals surface area (Å²) in [6.07, 6.45) is -0.815. The summed E-state index contributed by atoms with van der Waals surface area (Å²) < 4.78 is 21.4. The Labute approximate surface area is 161 Å². The maximum atomic E-state index is 12.4. The number of anilines is 1. The van der Waals surface area contributed by atoms with E-state index in [0.717, 1.165) is 0 Å². The second-order valence-electron chi connectivity index (χ2n) is 5.22. The topological polar surface area (TPSA) is 66.0 Å². The molecule has 6 nitrogen and oxygen atoms in total. The standard InChI is InChI=1S/C18H19Cl2NO5/c1-10(26-13-7-5-6-12(19)16(13)20)18(22)21-11-8-14(23-2)17(25-4)15(9-11)24-3/h5-10H,1-4H3,(H,21,22). The first-order valence-electron chi connectivity index (χ1n) is 7.62. The minimum absolute atomic E-state index is 0.251. The molecule has 0 spiro atoms. The van der Waals surface area contributed by atoms with E-state index in [1.807, 2.05) is 0 Å². The van der Waals surface area contributed by atoms with Crippen LogP contribution >= 0.6 is 23.2 Å². The third kappa shape index (κ3) is 4.45. The summed E-state index contributed by atoms with van der Waals surface area (Å²) in [5.74, 6) is 1.23. The number of hydrogen-bond acceptors (Lipinski definition) is 5. The highest BCUT2D eigenvalue weighted by Gasteiger charge is 2.19. The van der Waals surface area contributed by atoms with E-state index in [-0.39, 0.29) is 10.9 Å². The van der Waals surface area contributed by atoms with Crippen LogP contribution in [0, 0.1) is 0 Å². The van der Waals surface area contributed by atoms with Crippen molar-refractivity contribution in [2.45, 2.75) is 13.0 Å². The SMILES string of the molecule is COc1cc(NC(=O)C(C)Oc2cccc(Cl)c2Cl)cc(OC)c1OC. The van der Waals surface area contributed by atoms with Crippen molar-refractivity contribution in [1.29, 1.82) is 0 Å². The molecule has 1 amide bonds. The van der Waals surface area contributed by atoms with Crippen molar-refractivity contribution >= 4 is 34.8 Å². The van der Waals surface area contributed by atoms with Crippen LogP contribution in [0.5, 0.6) is 23.0 Å². The Balaban J connectivity index is 2.17. The summed E-state index contributed by atoms with van der Waals surface area (Å²) >= 11 is 12.0. The minimum atomic E-state index is -0.815. The Morgan fingerprint density at radius 1 is 1.00 bits per heavy atom. The van der Waals surface area contributed by atoms with Gasteiger partial charge in [0.2, 0.25) is 5.75 Å². The molecule has 0 heterocycles. The summed E-state index contributed by atoms with van der Waals surface area (Å²) in [7, 11) is 4.49. The van der Waals surface area contributed by atoms with Crippen molar-refractivity contribution in [2.75, 3.05) is 26.6 Å². The fourth-order valence-corrected chi connectivity index (χ4v) is 2.55. The largest absolute Gasteiger partial charge is 0.493 e. The van der Waals surface area contributed by atoms with Gasteiger partial charge in [-0.3, -0.25) is 4.79 Å². The predicted molar refractivity (Wildman–Crippen MR) is 101 cm³/mol. The molecule has 0 aliphatic carbocycles. The predicted octanol–water partition coefficient (Wildman–Crippen LogP) is 4.43. The maximum Gasteiger partial charge on any atom is 0.265 e. The Hall–Kier alpha value is -2.31. The van der Waals surface area contributed by atoms with E-state index in [2.05, 4.69) is 5.32 Å². The number of ether oxygens (including phenoxy) is 4. The van der Waals surface area contributed by atoms with Gasteiger partial charge in [0.25, 0.3) is 5.91 Å². The molecule has 0 radical (unpaired) electrons. The number of hydrogen-bond donors (Lipinski definition) is 1. The lowest BCUT2D eigenvalue weighted by Crippen LogP contribution is -2.30. The summed E-state index contributed by atoms with van der Waals surface area (Å²) in [5, 5.41) is 3.34. The van der Waals surface area contributed by atoms with Crippen LogP contribution in [0.2, 0.25) is 10.0 Å². The number of rotatable bonds is 7. The van der Waals surface area contributed by atoms with Gasteiger partial charge in [-0.25, -0.2) is 0 Å². The molecule has 140 valence electrons. The molecule has 2 rings (SSSR count). The lowest BCUT2D eigenvalue weighted by Gasteiger charge is -2.18. The molecular formula is C18H19Cl2NO5. The molecule has 2 aromatic carbocycles. The van der Waals surface area contributed by atoms with Gasteiger partial charge >= 0.3 is 0 Å². The number of carbonyl (C=O) groups excluding carboxylic acids is 1. The van der Waals surface area contributed by atoms with Crippen LogP contribution in [0.25, 0.3) is 0 Å². The van der Waals surface area contributed by atoms with Crippen molar-refractivity contribution < 1.29 is 23.7 Å². The van der Waals surface area contributed by atoms with Crippen LogP contribution in [0.3, 0.4) is 0 Å². The quantitative estimate of drug-likeness (QED) is 0.745. The van der Waals surface area contributed by atoms with Crippen molar-refractivity contribution in [3.63, 3.8) is 0 Å². The molecule has 0 bridgehead atoms. The summed E-state index contributed by atoms with van der Waals surface area (Å²) in [6, 6.07) is 8.21. The van der Waals surface area contributed by atoms with Gasteiger partial charge in [-0.15, -0.1) is 0 Å². The molecule has 0 aromatic heterocycles. The molecular weight excluding hydrogens is 381 g/mol. The molecule has 8 heteroatoms. The van der Waals surface area contributed by atoms with E-state index >= 15 is 0 Å². The van der Waals surface area contributed by atoms with Gasteiger partial charge in [-0.2, -0.15) is 0 Å². The third-order valence-electron chi connectivity index (χ3n) is 3.52. The number of amides is 1. The zero-order valence-electron chi connectivity index (χ0n) is 14.8. The van der Waals surface area contributed by atoms with Crippen LogP contribution in [0.15, 0.2) is 30.3 Å². The second-order valence-corrected chi connectivity index (χ2v) is 6.00.